The lowest BCUT2D eigenvalue weighted by Gasteiger charge is -2.20. The number of nitrogens with one attached hydrogen (secondary N) is 1. The average molecular weight is 444 g/mol. The summed E-state index contributed by atoms with van der Waals surface area (Å²) >= 11 is 0. The van der Waals surface area contributed by atoms with Crippen molar-refractivity contribution >= 4 is 15.9 Å². The van der Waals surface area contributed by atoms with Gasteiger partial charge >= 0.3 is 0 Å². The van der Waals surface area contributed by atoms with Crippen LogP contribution >= 0.6 is 0 Å². The van der Waals surface area contributed by atoms with E-state index in [0.717, 1.165) is 22.3 Å². The molecule has 0 saturated carbocycles. The SMILES string of the molecule is C#Cc1cc(C(C)C)c(CC(=O)NS(=O)(=O)c2ccc(CO)c(CO)c2)c(C(C)C)c1. The van der Waals surface area contributed by atoms with Crippen LogP contribution in [0.2, 0.25) is 0 Å². The quantitative estimate of drug-likeness (QED) is 0.544. The van der Waals surface area contributed by atoms with Gasteiger partial charge in [-0.25, -0.2) is 13.1 Å². The second-order valence-corrected chi connectivity index (χ2v) is 9.72. The predicted octanol–water partition coefficient (Wildman–Crippen LogP) is 2.95. The Bertz CT molecular complexity index is 1080. The van der Waals surface area contributed by atoms with Crippen LogP contribution in [0, 0.1) is 12.3 Å². The summed E-state index contributed by atoms with van der Waals surface area (Å²) in [6.45, 7) is 7.23. The fraction of sp³-hybridized carbons (Fsp3) is 0.375. The van der Waals surface area contributed by atoms with E-state index in [-0.39, 0.29) is 35.3 Å². The number of carbonyl (C=O) groups excluding carboxylic acids is 1. The van der Waals surface area contributed by atoms with Crippen molar-refractivity contribution in [3.05, 3.63) is 63.7 Å². The molecule has 2 aromatic carbocycles. The molecule has 0 radical (unpaired) electrons. The lowest BCUT2D eigenvalue weighted by atomic mass is 9.85. The molecule has 0 fully saturated rings. The van der Waals surface area contributed by atoms with E-state index in [4.69, 9.17) is 6.42 Å². The van der Waals surface area contributed by atoms with Gasteiger partial charge in [0.15, 0.2) is 0 Å². The molecule has 1 amide bonds. The number of aliphatic hydroxyl groups excluding tert-OH is 2. The standard InChI is InChI=1S/C24H29NO5S/c1-6-17-9-21(15(2)3)23(22(10-17)16(4)5)12-24(28)25-31(29,30)20-8-7-18(13-26)19(11-20)14-27/h1,7-11,15-16,26-27H,12-14H2,2-5H3,(H,25,28). The number of benzene rings is 2. The van der Waals surface area contributed by atoms with Crippen LogP contribution in [-0.4, -0.2) is 24.5 Å². The van der Waals surface area contributed by atoms with Crippen molar-refractivity contribution in [1.82, 2.24) is 4.72 Å². The molecule has 0 saturated heterocycles. The summed E-state index contributed by atoms with van der Waals surface area (Å²) in [5, 5.41) is 18.7. The van der Waals surface area contributed by atoms with E-state index in [0.29, 0.717) is 5.56 Å². The van der Waals surface area contributed by atoms with Gasteiger partial charge in [-0.05, 0) is 63.9 Å². The second-order valence-electron chi connectivity index (χ2n) is 8.04. The highest BCUT2D eigenvalue weighted by atomic mass is 32.2. The summed E-state index contributed by atoms with van der Waals surface area (Å²) in [4.78, 5) is 12.6. The number of aliphatic hydroxyl groups is 2. The third kappa shape index (κ3) is 5.73. The molecule has 0 unspecified atom stereocenters. The molecular formula is C24H29NO5S. The first kappa shape index (κ1) is 24.6. The number of amides is 1. The monoisotopic (exact) mass is 443 g/mol. The smallest absolute Gasteiger partial charge is 0.264 e. The minimum atomic E-state index is -4.14. The molecule has 0 bridgehead atoms. The van der Waals surface area contributed by atoms with Gasteiger partial charge in [-0.3, -0.25) is 4.79 Å². The first-order valence-electron chi connectivity index (χ1n) is 10.1. The van der Waals surface area contributed by atoms with Crippen molar-refractivity contribution in [3.63, 3.8) is 0 Å². The summed E-state index contributed by atoms with van der Waals surface area (Å²) < 4.78 is 27.6. The van der Waals surface area contributed by atoms with Gasteiger partial charge in [0.05, 0.1) is 24.5 Å². The molecule has 0 aliphatic carbocycles. The van der Waals surface area contributed by atoms with Gasteiger partial charge in [-0.2, -0.15) is 0 Å². The predicted molar refractivity (Wildman–Crippen MR) is 120 cm³/mol. The first-order chi connectivity index (χ1) is 14.5. The number of sulfonamides is 1. The molecule has 0 aliphatic rings. The van der Waals surface area contributed by atoms with E-state index in [2.05, 4.69) is 10.6 Å². The zero-order valence-electron chi connectivity index (χ0n) is 18.3. The minimum Gasteiger partial charge on any atom is -0.392 e. The third-order valence-corrected chi connectivity index (χ3v) is 6.51. The fourth-order valence-corrected chi connectivity index (χ4v) is 4.55. The molecule has 0 spiro atoms. The molecule has 166 valence electrons. The largest absolute Gasteiger partial charge is 0.392 e. The van der Waals surface area contributed by atoms with Gasteiger partial charge in [0, 0.05) is 5.56 Å². The van der Waals surface area contributed by atoms with Crippen molar-refractivity contribution in [2.24, 2.45) is 0 Å². The fourth-order valence-electron chi connectivity index (χ4n) is 3.51. The Morgan fingerprint density at radius 3 is 2.00 bits per heavy atom. The summed E-state index contributed by atoms with van der Waals surface area (Å²) in [6, 6.07) is 7.70. The molecule has 2 rings (SSSR count). The van der Waals surface area contributed by atoms with E-state index in [9.17, 15) is 23.4 Å². The van der Waals surface area contributed by atoms with Crippen LogP contribution in [0.5, 0.6) is 0 Å². The van der Waals surface area contributed by atoms with Gasteiger partial charge in [-0.15, -0.1) is 6.42 Å². The van der Waals surface area contributed by atoms with Crippen LogP contribution < -0.4 is 4.72 Å². The molecular weight excluding hydrogens is 414 g/mol. The Morgan fingerprint density at radius 2 is 1.55 bits per heavy atom. The van der Waals surface area contributed by atoms with Crippen molar-refractivity contribution in [3.8, 4) is 12.3 Å². The molecule has 3 N–H and O–H groups in total. The Kier molecular flexibility index (Phi) is 8.02. The van der Waals surface area contributed by atoms with Crippen LogP contribution in [0.4, 0.5) is 0 Å². The van der Waals surface area contributed by atoms with Crippen molar-refractivity contribution in [1.29, 1.82) is 0 Å². The summed E-state index contributed by atoms with van der Waals surface area (Å²) in [5.41, 5.74) is 4.05. The van der Waals surface area contributed by atoms with Crippen LogP contribution in [-0.2, 0) is 34.5 Å². The number of carbonyl (C=O) groups is 1. The highest BCUT2D eigenvalue weighted by Crippen LogP contribution is 2.30. The maximum Gasteiger partial charge on any atom is 0.264 e. The van der Waals surface area contributed by atoms with Crippen LogP contribution in [0.3, 0.4) is 0 Å². The molecule has 0 aliphatic heterocycles. The Balaban J connectivity index is 2.39. The van der Waals surface area contributed by atoms with Crippen LogP contribution in [0.25, 0.3) is 0 Å². The molecule has 6 nitrogen and oxygen atoms in total. The number of terminal acetylenes is 1. The van der Waals surface area contributed by atoms with Gasteiger partial charge in [0.2, 0.25) is 5.91 Å². The maximum absolute atomic E-state index is 12.8. The topological polar surface area (TPSA) is 104 Å². The van der Waals surface area contributed by atoms with Crippen LogP contribution in [0.1, 0.15) is 72.9 Å². The minimum absolute atomic E-state index is 0.100. The zero-order chi connectivity index (χ0) is 23.3. The Morgan fingerprint density at radius 1 is 1.00 bits per heavy atom. The van der Waals surface area contributed by atoms with Gasteiger partial charge in [-0.1, -0.05) is 39.7 Å². The average Bonchev–Trinajstić information content (AvgIpc) is 2.72. The highest BCUT2D eigenvalue weighted by molar-refractivity contribution is 7.90. The number of rotatable bonds is 8. The second kappa shape index (κ2) is 10.1. The highest BCUT2D eigenvalue weighted by Gasteiger charge is 2.23. The van der Waals surface area contributed by atoms with E-state index in [1.807, 2.05) is 39.8 Å². The first-order valence-corrected chi connectivity index (χ1v) is 11.5. The summed E-state index contributed by atoms with van der Waals surface area (Å²) in [5.74, 6) is 2.19. The van der Waals surface area contributed by atoms with Crippen molar-refractivity contribution in [2.45, 2.75) is 64.1 Å². The van der Waals surface area contributed by atoms with Gasteiger partial charge in [0.1, 0.15) is 0 Å². The van der Waals surface area contributed by atoms with Gasteiger partial charge in [0.25, 0.3) is 10.0 Å². The normalized spacial score (nSPS) is 11.6. The van der Waals surface area contributed by atoms with Crippen molar-refractivity contribution < 1.29 is 23.4 Å². The zero-order valence-corrected chi connectivity index (χ0v) is 19.1. The van der Waals surface area contributed by atoms with E-state index in [1.165, 1.54) is 18.2 Å². The Hall–Kier alpha value is -2.66. The molecule has 0 aromatic heterocycles. The number of hydrogen-bond donors (Lipinski definition) is 3. The molecule has 7 heteroatoms. The van der Waals surface area contributed by atoms with E-state index in [1.54, 1.807) is 0 Å². The molecule has 2 aromatic rings. The summed E-state index contributed by atoms with van der Waals surface area (Å²) in [7, 11) is -4.14. The molecule has 0 heterocycles. The van der Waals surface area contributed by atoms with E-state index >= 15 is 0 Å². The third-order valence-electron chi connectivity index (χ3n) is 5.14. The lowest BCUT2D eigenvalue weighted by Crippen LogP contribution is -2.32. The number of hydrogen-bond acceptors (Lipinski definition) is 5. The summed E-state index contributed by atoms with van der Waals surface area (Å²) in [6.07, 6.45) is 5.48. The lowest BCUT2D eigenvalue weighted by molar-refractivity contribution is -0.118. The molecule has 31 heavy (non-hydrogen) atoms. The maximum atomic E-state index is 12.8. The Labute approximate surface area is 184 Å². The van der Waals surface area contributed by atoms with Crippen molar-refractivity contribution in [2.75, 3.05) is 0 Å². The van der Waals surface area contributed by atoms with E-state index < -0.39 is 22.5 Å². The molecule has 0 atom stereocenters. The van der Waals surface area contributed by atoms with Gasteiger partial charge < -0.3 is 10.2 Å². The van der Waals surface area contributed by atoms with Crippen LogP contribution in [0.15, 0.2) is 35.2 Å².